The molecule has 16 heavy (non-hydrogen) atoms. The van der Waals surface area contributed by atoms with Gasteiger partial charge in [-0.1, -0.05) is 0 Å². The molecule has 1 aromatic carbocycles. The maximum absolute atomic E-state index is 12.9. The van der Waals surface area contributed by atoms with Crippen molar-refractivity contribution in [2.45, 2.75) is 13.1 Å². The van der Waals surface area contributed by atoms with Crippen molar-refractivity contribution in [1.29, 1.82) is 0 Å². The number of benzene rings is 1. The molecule has 0 atom stereocenters. The van der Waals surface area contributed by atoms with Gasteiger partial charge in [0.05, 0.1) is 6.54 Å². The van der Waals surface area contributed by atoms with Crippen LogP contribution in [-0.2, 0) is 13.1 Å². The lowest BCUT2D eigenvalue weighted by molar-refractivity contribution is 0.576. The Kier molecular flexibility index (Phi) is 2.96. The first kappa shape index (κ1) is 10.8. The molecule has 0 radical (unpaired) electrons. The van der Waals surface area contributed by atoms with Gasteiger partial charge in [-0.05, 0) is 17.7 Å². The van der Waals surface area contributed by atoms with Crippen LogP contribution >= 0.6 is 0 Å². The van der Waals surface area contributed by atoms with Gasteiger partial charge in [0.25, 0.3) is 0 Å². The zero-order valence-electron chi connectivity index (χ0n) is 8.53. The van der Waals surface area contributed by atoms with Gasteiger partial charge in [-0.2, -0.15) is 0 Å². The summed E-state index contributed by atoms with van der Waals surface area (Å²) in [6.45, 7) is 0.659. The Morgan fingerprint density at radius 2 is 1.88 bits per heavy atom. The SMILES string of the molecule is NCc1nccn1Cc1cc(F)cc(F)c1. The van der Waals surface area contributed by atoms with Crippen LogP contribution in [0.3, 0.4) is 0 Å². The molecule has 84 valence electrons. The highest BCUT2D eigenvalue weighted by atomic mass is 19.1. The molecule has 5 heteroatoms. The number of nitrogens with two attached hydrogens (primary N) is 1. The van der Waals surface area contributed by atoms with E-state index in [1.165, 1.54) is 12.1 Å². The van der Waals surface area contributed by atoms with Gasteiger partial charge in [0, 0.05) is 25.0 Å². The summed E-state index contributed by atoms with van der Waals surface area (Å²) < 4.78 is 27.7. The summed E-state index contributed by atoms with van der Waals surface area (Å²) in [6, 6.07) is 3.44. The van der Waals surface area contributed by atoms with Gasteiger partial charge in [-0.15, -0.1) is 0 Å². The molecule has 0 aliphatic rings. The number of imidazole rings is 1. The summed E-state index contributed by atoms with van der Waals surface area (Å²) in [4.78, 5) is 4.03. The lowest BCUT2D eigenvalue weighted by Crippen LogP contribution is -2.09. The molecule has 0 unspecified atom stereocenters. The van der Waals surface area contributed by atoms with Crippen molar-refractivity contribution in [2.75, 3.05) is 0 Å². The van der Waals surface area contributed by atoms with E-state index < -0.39 is 11.6 Å². The van der Waals surface area contributed by atoms with Gasteiger partial charge in [0.15, 0.2) is 0 Å². The topological polar surface area (TPSA) is 43.8 Å². The minimum Gasteiger partial charge on any atom is -0.329 e. The number of nitrogens with zero attached hydrogens (tertiary/aromatic N) is 2. The van der Waals surface area contributed by atoms with Gasteiger partial charge in [0.1, 0.15) is 17.5 Å². The van der Waals surface area contributed by atoms with Crippen LogP contribution in [0, 0.1) is 11.6 Å². The third-order valence-electron chi connectivity index (χ3n) is 2.26. The summed E-state index contributed by atoms with van der Waals surface area (Å²) in [6.07, 6.45) is 3.34. The zero-order chi connectivity index (χ0) is 11.5. The molecular formula is C11H11F2N3. The molecule has 2 rings (SSSR count). The standard InChI is InChI=1S/C11H11F2N3/c12-9-3-8(4-10(13)5-9)7-16-2-1-15-11(16)6-14/h1-5H,6-7,14H2. The fourth-order valence-corrected chi connectivity index (χ4v) is 1.57. The number of hydrogen-bond acceptors (Lipinski definition) is 2. The lowest BCUT2D eigenvalue weighted by atomic mass is 10.2. The third-order valence-corrected chi connectivity index (χ3v) is 2.26. The molecule has 0 spiro atoms. The number of hydrogen-bond donors (Lipinski definition) is 1. The van der Waals surface area contributed by atoms with Crippen molar-refractivity contribution >= 4 is 0 Å². The minimum absolute atomic E-state index is 0.296. The highest BCUT2D eigenvalue weighted by molar-refractivity contribution is 5.18. The number of halogens is 2. The summed E-state index contributed by atoms with van der Waals surface area (Å²) in [5.74, 6) is -0.474. The Morgan fingerprint density at radius 3 is 2.50 bits per heavy atom. The van der Waals surface area contributed by atoms with Crippen LogP contribution in [0.25, 0.3) is 0 Å². The van der Waals surface area contributed by atoms with Crippen LogP contribution in [0.2, 0.25) is 0 Å². The molecule has 1 aromatic heterocycles. The summed E-state index contributed by atoms with van der Waals surface area (Å²) in [5, 5.41) is 0. The van der Waals surface area contributed by atoms with Crippen LogP contribution in [0.15, 0.2) is 30.6 Å². The summed E-state index contributed by atoms with van der Waals surface area (Å²) in [5.41, 5.74) is 6.02. The predicted octanol–water partition coefficient (Wildman–Crippen LogP) is 1.67. The fraction of sp³-hybridized carbons (Fsp3) is 0.182. The van der Waals surface area contributed by atoms with Gasteiger partial charge in [-0.3, -0.25) is 0 Å². The van der Waals surface area contributed by atoms with Crippen molar-refractivity contribution in [3.05, 3.63) is 53.6 Å². The largest absolute Gasteiger partial charge is 0.329 e. The number of aromatic nitrogens is 2. The highest BCUT2D eigenvalue weighted by Gasteiger charge is 2.04. The average Bonchev–Trinajstić information content (AvgIpc) is 2.63. The minimum atomic E-state index is -0.579. The molecule has 0 amide bonds. The first-order chi connectivity index (χ1) is 7.69. The Morgan fingerprint density at radius 1 is 1.19 bits per heavy atom. The molecule has 2 N–H and O–H groups in total. The van der Waals surface area contributed by atoms with Crippen LogP contribution < -0.4 is 5.73 Å². The van der Waals surface area contributed by atoms with Crippen molar-refractivity contribution in [3.63, 3.8) is 0 Å². The first-order valence-electron chi connectivity index (χ1n) is 4.84. The summed E-state index contributed by atoms with van der Waals surface area (Å²) >= 11 is 0. The second kappa shape index (κ2) is 4.40. The van der Waals surface area contributed by atoms with E-state index in [0.29, 0.717) is 24.5 Å². The molecular weight excluding hydrogens is 212 g/mol. The van der Waals surface area contributed by atoms with Crippen LogP contribution in [0.4, 0.5) is 8.78 Å². The van der Waals surface area contributed by atoms with Crippen LogP contribution in [0.1, 0.15) is 11.4 Å². The second-order valence-corrected chi connectivity index (χ2v) is 3.45. The smallest absolute Gasteiger partial charge is 0.126 e. The summed E-state index contributed by atoms with van der Waals surface area (Å²) in [7, 11) is 0. The molecule has 0 bridgehead atoms. The maximum atomic E-state index is 12.9. The van der Waals surface area contributed by atoms with Gasteiger partial charge >= 0.3 is 0 Å². The Hall–Kier alpha value is -1.75. The van der Waals surface area contributed by atoms with Crippen LogP contribution in [0.5, 0.6) is 0 Å². The van der Waals surface area contributed by atoms with Gasteiger partial charge < -0.3 is 10.3 Å². The fourth-order valence-electron chi connectivity index (χ4n) is 1.57. The van der Waals surface area contributed by atoms with E-state index in [2.05, 4.69) is 4.98 Å². The quantitative estimate of drug-likeness (QED) is 0.860. The molecule has 1 heterocycles. The second-order valence-electron chi connectivity index (χ2n) is 3.45. The maximum Gasteiger partial charge on any atom is 0.126 e. The van der Waals surface area contributed by atoms with Crippen LogP contribution in [-0.4, -0.2) is 9.55 Å². The van der Waals surface area contributed by atoms with Crippen molar-refractivity contribution in [2.24, 2.45) is 5.73 Å². The lowest BCUT2D eigenvalue weighted by Gasteiger charge is -2.06. The molecule has 0 fully saturated rings. The third kappa shape index (κ3) is 2.25. The first-order valence-corrected chi connectivity index (χ1v) is 4.84. The monoisotopic (exact) mass is 223 g/mol. The molecule has 0 saturated carbocycles. The molecule has 2 aromatic rings. The normalized spacial score (nSPS) is 10.7. The van der Waals surface area contributed by atoms with Crippen molar-refractivity contribution in [1.82, 2.24) is 9.55 Å². The molecule has 0 aliphatic carbocycles. The zero-order valence-corrected chi connectivity index (χ0v) is 8.53. The Bertz CT molecular complexity index is 473. The van der Waals surface area contributed by atoms with E-state index in [9.17, 15) is 8.78 Å². The van der Waals surface area contributed by atoms with E-state index in [1.807, 2.05) is 0 Å². The van der Waals surface area contributed by atoms with E-state index in [4.69, 9.17) is 5.73 Å². The molecule has 3 nitrogen and oxygen atoms in total. The van der Waals surface area contributed by atoms with E-state index >= 15 is 0 Å². The Balaban J connectivity index is 2.26. The van der Waals surface area contributed by atoms with E-state index in [-0.39, 0.29) is 0 Å². The molecule has 0 saturated heterocycles. The van der Waals surface area contributed by atoms with Crippen molar-refractivity contribution in [3.8, 4) is 0 Å². The van der Waals surface area contributed by atoms with Gasteiger partial charge in [-0.25, -0.2) is 13.8 Å². The van der Waals surface area contributed by atoms with Crippen molar-refractivity contribution < 1.29 is 8.78 Å². The van der Waals surface area contributed by atoms with Gasteiger partial charge in [0.2, 0.25) is 0 Å². The molecule has 0 aliphatic heterocycles. The van der Waals surface area contributed by atoms with E-state index in [1.54, 1.807) is 17.0 Å². The number of rotatable bonds is 3. The average molecular weight is 223 g/mol. The highest BCUT2D eigenvalue weighted by Crippen LogP contribution is 2.10. The predicted molar refractivity (Wildman–Crippen MR) is 55.6 cm³/mol. The van der Waals surface area contributed by atoms with E-state index in [0.717, 1.165) is 6.07 Å². The Labute approximate surface area is 91.5 Å².